The highest BCUT2D eigenvalue weighted by Gasteiger charge is 2.27. The molecule has 3 rings (SSSR count). The number of aromatic nitrogens is 3. The highest BCUT2D eigenvalue weighted by atomic mass is 79.9. The second-order valence-electron chi connectivity index (χ2n) is 7.88. The monoisotopic (exact) mass is 579 g/mol. The van der Waals surface area contributed by atoms with Crippen LogP contribution in [0, 0.1) is 11.7 Å². The van der Waals surface area contributed by atoms with Crippen molar-refractivity contribution in [1.29, 1.82) is 0 Å². The van der Waals surface area contributed by atoms with Crippen molar-refractivity contribution in [2.75, 3.05) is 11.1 Å². The molecule has 0 aliphatic heterocycles. The van der Waals surface area contributed by atoms with Crippen molar-refractivity contribution in [1.82, 2.24) is 20.1 Å². The first kappa shape index (κ1) is 26.9. The number of carbonyl (C=O) groups excluding carboxylic acids is 2. The minimum Gasteiger partial charge on any atom is -0.342 e. The Bertz CT molecular complexity index is 1240. The molecule has 0 unspecified atom stereocenters. The largest absolute Gasteiger partial charge is 0.342 e. The number of carbonyl (C=O) groups is 2. The summed E-state index contributed by atoms with van der Waals surface area (Å²) < 4.78 is 16.4. The Balaban J connectivity index is 1.76. The lowest BCUT2D eigenvalue weighted by Crippen LogP contribution is -2.34. The normalized spacial score (nSPS) is 11.8. The highest BCUT2D eigenvalue weighted by Crippen LogP contribution is 2.27. The first-order valence-electron chi connectivity index (χ1n) is 10.7. The van der Waals surface area contributed by atoms with Crippen LogP contribution < -0.4 is 10.6 Å². The maximum atomic E-state index is 14.0. The van der Waals surface area contributed by atoms with Gasteiger partial charge in [-0.25, -0.2) is 4.39 Å². The Morgan fingerprint density at radius 1 is 1.26 bits per heavy atom. The molecule has 7 nitrogen and oxygen atoms in total. The molecule has 2 N–H and O–H groups in total. The third-order valence-corrected chi connectivity index (χ3v) is 6.73. The van der Waals surface area contributed by atoms with Gasteiger partial charge in [0.2, 0.25) is 5.91 Å². The van der Waals surface area contributed by atoms with Gasteiger partial charge in [0.1, 0.15) is 5.82 Å². The molecule has 11 heteroatoms. The maximum Gasteiger partial charge on any atom is 0.253 e. The van der Waals surface area contributed by atoms with Crippen LogP contribution >= 0.6 is 39.3 Å². The summed E-state index contributed by atoms with van der Waals surface area (Å²) in [5.41, 5.74) is 0.454. The van der Waals surface area contributed by atoms with Crippen molar-refractivity contribution in [3.8, 4) is 0 Å². The molecule has 0 fully saturated rings. The molecular formula is C24H24BrClFN5O2S. The molecule has 0 saturated carbocycles. The number of rotatable bonds is 10. The lowest BCUT2D eigenvalue weighted by molar-refractivity contribution is -0.113. The summed E-state index contributed by atoms with van der Waals surface area (Å²) >= 11 is 10.5. The van der Waals surface area contributed by atoms with Gasteiger partial charge in [-0.15, -0.1) is 16.8 Å². The van der Waals surface area contributed by atoms with E-state index in [9.17, 15) is 14.0 Å². The predicted molar refractivity (Wildman–Crippen MR) is 140 cm³/mol. The van der Waals surface area contributed by atoms with Gasteiger partial charge in [0.15, 0.2) is 11.0 Å². The number of amides is 2. The van der Waals surface area contributed by atoms with Gasteiger partial charge in [0.25, 0.3) is 5.91 Å². The number of halogens is 3. The molecule has 2 amide bonds. The summed E-state index contributed by atoms with van der Waals surface area (Å²) in [6, 6.07) is 10.7. The number of hydrogen-bond acceptors (Lipinski definition) is 5. The molecule has 0 spiro atoms. The first-order valence-corrected chi connectivity index (χ1v) is 12.8. The summed E-state index contributed by atoms with van der Waals surface area (Å²) in [7, 11) is 0. The molecule has 1 atom stereocenters. The molecule has 184 valence electrons. The van der Waals surface area contributed by atoms with Crippen LogP contribution in [0.4, 0.5) is 10.1 Å². The maximum absolute atomic E-state index is 14.0. The van der Waals surface area contributed by atoms with E-state index in [0.29, 0.717) is 32.6 Å². The molecule has 0 aliphatic carbocycles. The topological polar surface area (TPSA) is 88.9 Å². The zero-order chi connectivity index (χ0) is 25.5. The first-order chi connectivity index (χ1) is 16.7. The number of nitrogens with one attached hydrogen (secondary N) is 2. The highest BCUT2D eigenvalue weighted by molar-refractivity contribution is 9.10. The van der Waals surface area contributed by atoms with Gasteiger partial charge in [-0.05, 0) is 36.2 Å². The van der Waals surface area contributed by atoms with Crippen molar-refractivity contribution in [3.63, 3.8) is 0 Å². The van der Waals surface area contributed by atoms with E-state index in [0.717, 1.165) is 11.8 Å². The lowest BCUT2D eigenvalue weighted by Gasteiger charge is -2.23. The average molecular weight is 581 g/mol. The predicted octanol–water partition coefficient (Wildman–Crippen LogP) is 5.88. The average Bonchev–Trinajstić information content (AvgIpc) is 3.20. The minimum absolute atomic E-state index is 0.0108. The van der Waals surface area contributed by atoms with Crippen molar-refractivity contribution < 1.29 is 14.0 Å². The van der Waals surface area contributed by atoms with Gasteiger partial charge in [-0.2, -0.15) is 0 Å². The van der Waals surface area contributed by atoms with E-state index < -0.39 is 17.8 Å². The van der Waals surface area contributed by atoms with E-state index in [1.54, 1.807) is 41.0 Å². The van der Waals surface area contributed by atoms with Crippen LogP contribution in [0.25, 0.3) is 0 Å². The molecule has 3 aromatic rings. The summed E-state index contributed by atoms with van der Waals surface area (Å²) in [5.74, 6) is -0.754. The quantitative estimate of drug-likeness (QED) is 0.231. The van der Waals surface area contributed by atoms with E-state index in [4.69, 9.17) is 11.6 Å². The SMILES string of the molecule is C=CCn1c(SCC(=O)Nc2ccc(Br)cc2F)nnc1[C@H](NC(=O)c1ccccc1Cl)C(C)C. The van der Waals surface area contributed by atoms with Gasteiger partial charge in [-0.3, -0.25) is 9.59 Å². The van der Waals surface area contributed by atoms with Crippen LogP contribution in [-0.4, -0.2) is 32.3 Å². The molecule has 2 aromatic carbocycles. The fourth-order valence-electron chi connectivity index (χ4n) is 3.24. The summed E-state index contributed by atoms with van der Waals surface area (Å²) in [4.78, 5) is 25.3. The summed E-state index contributed by atoms with van der Waals surface area (Å²) in [6.07, 6.45) is 1.68. The molecule has 0 radical (unpaired) electrons. The van der Waals surface area contributed by atoms with Crippen LogP contribution in [0.3, 0.4) is 0 Å². The van der Waals surface area contributed by atoms with E-state index in [1.807, 2.05) is 13.8 Å². The Kier molecular flexibility index (Phi) is 9.47. The molecule has 1 aromatic heterocycles. The van der Waals surface area contributed by atoms with Gasteiger partial charge in [0.05, 0.1) is 28.1 Å². The lowest BCUT2D eigenvalue weighted by atomic mass is 10.0. The van der Waals surface area contributed by atoms with Crippen molar-refractivity contribution in [2.24, 2.45) is 5.92 Å². The van der Waals surface area contributed by atoms with E-state index in [1.165, 1.54) is 12.1 Å². The van der Waals surface area contributed by atoms with Crippen LogP contribution in [0.5, 0.6) is 0 Å². The second kappa shape index (κ2) is 12.3. The van der Waals surface area contributed by atoms with Crippen molar-refractivity contribution in [3.05, 3.63) is 81.8 Å². The van der Waals surface area contributed by atoms with Gasteiger partial charge in [-0.1, -0.05) is 71.3 Å². The standard InChI is InChI=1S/C24H24BrClFN5O2S/c1-4-11-32-22(21(14(2)3)29-23(34)16-7-5-6-8-17(16)26)30-31-24(32)35-13-20(33)28-19-10-9-15(25)12-18(19)27/h4-10,12,14,21H,1,11,13H2,2-3H3,(H,28,33)(H,29,34)/t21-/m1/s1. The fraction of sp³-hybridized carbons (Fsp3) is 0.250. The summed E-state index contributed by atoms with van der Waals surface area (Å²) in [6.45, 7) is 8.08. The fourth-order valence-corrected chi connectivity index (χ4v) is 4.55. The van der Waals surface area contributed by atoms with Crippen LogP contribution in [0.2, 0.25) is 5.02 Å². The number of thioether (sulfide) groups is 1. The minimum atomic E-state index is -0.538. The second-order valence-corrected chi connectivity index (χ2v) is 10.1. The smallest absolute Gasteiger partial charge is 0.253 e. The van der Waals surface area contributed by atoms with Crippen molar-refractivity contribution >= 4 is 56.8 Å². The third kappa shape index (κ3) is 6.93. The van der Waals surface area contributed by atoms with E-state index in [-0.39, 0.29) is 23.3 Å². The van der Waals surface area contributed by atoms with Crippen LogP contribution in [0.1, 0.15) is 36.1 Å². The van der Waals surface area contributed by atoms with Crippen LogP contribution in [-0.2, 0) is 11.3 Å². The zero-order valence-corrected chi connectivity index (χ0v) is 22.3. The molecular weight excluding hydrogens is 557 g/mol. The molecule has 0 saturated heterocycles. The Labute approximate surface area is 220 Å². The number of benzene rings is 2. The van der Waals surface area contributed by atoms with Gasteiger partial charge >= 0.3 is 0 Å². The molecule has 35 heavy (non-hydrogen) atoms. The number of allylic oxidation sites excluding steroid dienone is 1. The molecule has 1 heterocycles. The Morgan fingerprint density at radius 2 is 2.00 bits per heavy atom. The van der Waals surface area contributed by atoms with Crippen LogP contribution in [0.15, 0.2) is 64.7 Å². The van der Waals surface area contributed by atoms with E-state index >= 15 is 0 Å². The number of hydrogen-bond donors (Lipinski definition) is 2. The Hall–Kier alpha value is -2.69. The van der Waals surface area contributed by atoms with E-state index in [2.05, 4.69) is 43.3 Å². The molecule has 0 bridgehead atoms. The van der Waals surface area contributed by atoms with Gasteiger partial charge < -0.3 is 15.2 Å². The van der Waals surface area contributed by atoms with Crippen molar-refractivity contribution in [2.45, 2.75) is 31.6 Å². The molecule has 0 aliphatic rings. The zero-order valence-electron chi connectivity index (χ0n) is 19.1. The van der Waals surface area contributed by atoms with Gasteiger partial charge in [0, 0.05) is 11.0 Å². The Morgan fingerprint density at radius 3 is 2.66 bits per heavy atom. The number of nitrogens with zero attached hydrogens (tertiary/aromatic N) is 3. The summed E-state index contributed by atoms with van der Waals surface area (Å²) in [5, 5.41) is 14.9. The number of anilines is 1. The third-order valence-electron chi connectivity index (χ3n) is 4.94.